The highest BCUT2D eigenvalue weighted by atomic mass is 79.9. The molecule has 0 saturated carbocycles. The molecule has 1 N–H and O–H groups in total. The highest BCUT2D eigenvalue weighted by Crippen LogP contribution is 2.32. The minimum atomic E-state index is -0.380. The third-order valence-corrected chi connectivity index (χ3v) is 3.28. The standard InChI is InChI=1S/C10H12Br2O/c1-2-4-9(13)10-7(11)5-3-6-8(10)12/h3,5-6,9,13H,2,4H2,1H3. The second kappa shape index (κ2) is 5.13. The molecule has 1 nitrogen and oxygen atoms in total. The molecule has 0 aliphatic heterocycles. The van der Waals surface area contributed by atoms with Gasteiger partial charge in [-0.2, -0.15) is 0 Å². The zero-order valence-electron chi connectivity index (χ0n) is 7.43. The molecule has 0 fully saturated rings. The summed E-state index contributed by atoms with van der Waals surface area (Å²) in [6.07, 6.45) is 1.39. The van der Waals surface area contributed by atoms with E-state index in [1.54, 1.807) is 0 Å². The van der Waals surface area contributed by atoms with Gasteiger partial charge in [-0.05, 0) is 18.6 Å². The van der Waals surface area contributed by atoms with Crippen LogP contribution in [0.3, 0.4) is 0 Å². The monoisotopic (exact) mass is 306 g/mol. The molecule has 3 heteroatoms. The van der Waals surface area contributed by atoms with E-state index >= 15 is 0 Å². The quantitative estimate of drug-likeness (QED) is 0.893. The Hall–Kier alpha value is 0.140. The van der Waals surface area contributed by atoms with E-state index < -0.39 is 0 Å². The van der Waals surface area contributed by atoms with Gasteiger partial charge in [-0.25, -0.2) is 0 Å². The predicted octanol–water partition coefficient (Wildman–Crippen LogP) is 4.05. The molecular weight excluding hydrogens is 296 g/mol. The topological polar surface area (TPSA) is 20.2 Å². The van der Waals surface area contributed by atoms with Crippen molar-refractivity contribution < 1.29 is 5.11 Å². The van der Waals surface area contributed by atoms with E-state index in [1.807, 2.05) is 18.2 Å². The fraction of sp³-hybridized carbons (Fsp3) is 0.400. The zero-order chi connectivity index (χ0) is 9.84. The Morgan fingerprint density at radius 1 is 1.31 bits per heavy atom. The van der Waals surface area contributed by atoms with E-state index in [2.05, 4.69) is 38.8 Å². The van der Waals surface area contributed by atoms with Gasteiger partial charge >= 0.3 is 0 Å². The Morgan fingerprint density at radius 2 is 1.85 bits per heavy atom. The Kier molecular flexibility index (Phi) is 4.42. The van der Waals surface area contributed by atoms with Gasteiger partial charge in [0, 0.05) is 14.5 Å². The van der Waals surface area contributed by atoms with E-state index in [0.717, 1.165) is 27.4 Å². The summed E-state index contributed by atoms with van der Waals surface area (Å²) in [4.78, 5) is 0. The Labute approximate surface area is 95.4 Å². The number of aliphatic hydroxyl groups is 1. The Morgan fingerprint density at radius 3 is 2.31 bits per heavy atom. The lowest BCUT2D eigenvalue weighted by atomic mass is 10.1. The zero-order valence-corrected chi connectivity index (χ0v) is 10.6. The second-order valence-corrected chi connectivity index (χ2v) is 4.65. The van der Waals surface area contributed by atoms with Crippen LogP contribution in [0.15, 0.2) is 27.1 Å². The number of hydrogen-bond donors (Lipinski definition) is 1. The predicted molar refractivity (Wildman–Crippen MR) is 61.7 cm³/mol. The van der Waals surface area contributed by atoms with E-state index in [9.17, 15) is 5.11 Å². The summed E-state index contributed by atoms with van der Waals surface area (Å²) in [6, 6.07) is 5.83. The molecule has 0 radical (unpaired) electrons. The molecule has 0 heterocycles. The lowest BCUT2D eigenvalue weighted by Crippen LogP contribution is -1.98. The molecule has 0 amide bonds. The van der Waals surface area contributed by atoms with Gasteiger partial charge in [-0.3, -0.25) is 0 Å². The Bertz CT molecular complexity index is 266. The molecule has 0 aliphatic carbocycles. The van der Waals surface area contributed by atoms with E-state index in [-0.39, 0.29) is 6.10 Å². The summed E-state index contributed by atoms with van der Waals surface area (Å²) in [5, 5.41) is 9.82. The maximum Gasteiger partial charge on any atom is 0.0811 e. The second-order valence-electron chi connectivity index (χ2n) is 2.94. The van der Waals surface area contributed by atoms with Gasteiger partial charge in [-0.15, -0.1) is 0 Å². The summed E-state index contributed by atoms with van der Waals surface area (Å²) in [5.41, 5.74) is 0.948. The first-order valence-electron chi connectivity index (χ1n) is 4.28. The molecule has 1 atom stereocenters. The SMILES string of the molecule is CCCC(O)c1c(Br)cccc1Br. The molecule has 0 aromatic heterocycles. The van der Waals surface area contributed by atoms with Gasteiger partial charge in [0.15, 0.2) is 0 Å². The van der Waals surface area contributed by atoms with Gasteiger partial charge in [0.05, 0.1) is 6.10 Å². The third kappa shape index (κ3) is 2.79. The van der Waals surface area contributed by atoms with Gasteiger partial charge < -0.3 is 5.11 Å². The minimum absolute atomic E-state index is 0.380. The molecule has 0 bridgehead atoms. The van der Waals surface area contributed by atoms with Crippen LogP contribution < -0.4 is 0 Å². The van der Waals surface area contributed by atoms with E-state index in [1.165, 1.54) is 0 Å². The first kappa shape index (κ1) is 11.2. The average molecular weight is 308 g/mol. The molecule has 1 rings (SSSR count). The van der Waals surface area contributed by atoms with Crippen molar-refractivity contribution in [3.63, 3.8) is 0 Å². The van der Waals surface area contributed by atoms with Crippen molar-refractivity contribution in [1.29, 1.82) is 0 Å². The first-order valence-corrected chi connectivity index (χ1v) is 5.87. The molecule has 0 saturated heterocycles. The lowest BCUT2D eigenvalue weighted by Gasteiger charge is -2.13. The van der Waals surface area contributed by atoms with Crippen LogP contribution in [0.5, 0.6) is 0 Å². The van der Waals surface area contributed by atoms with Crippen molar-refractivity contribution in [2.24, 2.45) is 0 Å². The van der Waals surface area contributed by atoms with Crippen LogP contribution in [0.25, 0.3) is 0 Å². The van der Waals surface area contributed by atoms with Crippen LogP contribution in [-0.2, 0) is 0 Å². The fourth-order valence-electron chi connectivity index (χ4n) is 1.25. The number of hydrogen-bond acceptors (Lipinski definition) is 1. The van der Waals surface area contributed by atoms with Crippen LogP contribution in [-0.4, -0.2) is 5.11 Å². The molecule has 72 valence electrons. The highest BCUT2D eigenvalue weighted by molar-refractivity contribution is 9.11. The van der Waals surface area contributed by atoms with Crippen molar-refractivity contribution in [2.75, 3.05) is 0 Å². The largest absolute Gasteiger partial charge is 0.388 e. The minimum Gasteiger partial charge on any atom is -0.388 e. The molecule has 0 spiro atoms. The maximum absolute atomic E-state index is 9.82. The molecule has 0 aliphatic rings. The molecule has 1 unspecified atom stereocenters. The summed E-state index contributed by atoms with van der Waals surface area (Å²) in [7, 11) is 0. The van der Waals surface area contributed by atoms with Gasteiger partial charge in [-0.1, -0.05) is 51.3 Å². The van der Waals surface area contributed by atoms with Crippen molar-refractivity contribution >= 4 is 31.9 Å². The van der Waals surface area contributed by atoms with Crippen LogP contribution in [0, 0.1) is 0 Å². The number of rotatable bonds is 3. The number of benzene rings is 1. The van der Waals surface area contributed by atoms with Gasteiger partial charge in [0.25, 0.3) is 0 Å². The lowest BCUT2D eigenvalue weighted by molar-refractivity contribution is 0.165. The molecule has 13 heavy (non-hydrogen) atoms. The molecular formula is C10H12Br2O. The van der Waals surface area contributed by atoms with Crippen molar-refractivity contribution in [1.82, 2.24) is 0 Å². The van der Waals surface area contributed by atoms with Crippen LogP contribution >= 0.6 is 31.9 Å². The number of halogens is 2. The summed E-state index contributed by atoms with van der Waals surface area (Å²) in [5.74, 6) is 0. The smallest absolute Gasteiger partial charge is 0.0811 e. The van der Waals surface area contributed by atoms with Gasteiger partial charge in [0.2, 0.25) is 0 Å². The van der Waals surface area contributed by atoms with E-state index in [0.29, 0.717) is 0 Å². The molecule has 1 aromatic rings. The van der Waals surface area contributed by atoms with Crippen LogP contribution in [0.2, 0.25) is 0 Å². The Balaban J connectivity index is 2.98. The number of aliphatic hydroxyl groups excluding tert-OH is 1. The first-order chi connectivity index (χ1) is 6.16. The summed E-state index contributed by atoms with van der Waals surface area (Å²) >= 11 is 6.86. The molecule has 1 aromatic carbocycles. The van der Waals surface area contributed by atoms with Crippen molar-refractivity contribution in [3.05, 3.63) is 32.7 Å². The third-order valence-electron chi connectivity index (χ3n) is 1.90. The van der Waals surface area contributed by atoms with Crippen molar-refractivity contribution in [3.8, 4) is 0 Å². The van der Waals surface area contributed by atoms with Crippen LogP contribution in [0.1, 0.15) is 31.4 Å². The van der Waals surface area contributed by atoms with E-state index in [4.69, 9.17) is 0 Å². The summed E-state index contributed by atoms with van der Waals surface area (Å²) < 4.78 is 1.92. The summed E-state index contributed by atoms with van der Waals surface area (Å²) in [6.45, 7) is 2.06. The maximum atomic E-state index is 9.82. The van der Waals surface area contributed by atoms with Crippen molar-refractivity contribution in [2.45, 2.75) is 25.9 Å². The average Bonchev–Trinajstić information content (AvgIpc) is 2.04. The van der Waals surface area contributed by atoms with Gasteiger partial charge in [0.1, 0.15) is 0 Å². The normalized spacial score (nSPS) is 12.9. The van der Waals surface area contributed by atoms with Crippen LogP contribution in [0.4, 0.5) is 0 Å². The highest BCUT2D eigenvalue weighted by Gasteiger charge is 2.13. The fourth-order valence-corrected chi connectivity index (χ4v) is 2.77.